The number of aromatic nitrogens is 4. The first kappa shape index (κ1) is 24.5. The van der Waals surface area contributed by atoms with E-state index in [1.165, 1.54) is 17.0 Å². The van der Waals surface area contributed by atoms with E-state index in [2.05, 4.69) is 15.1 Å². The number of imidazole rings is 1. The van der Waals surface area contributed by atoms with Gasteiger partial charge in [-0.1, -0.05) is 21.3 Å². The largest absolute Gasteiger partial charge is 0.416 e. The fourth-order valence-corrected chi connectivity index (χ4v) is 3.48. The number of H-pyrrole nitrogens is 1. The van der Waals surface area contributed by atoms with Crippen LogP contribution in [0, 0.1) is 0 Å². The molecule has 0 radical (unpaired) electrons. The molecular formula is C21H26F3N5OS. The van der Waals surface area contributed by atoms with Gasteiger partial charge < -0.3 is 9.88 Å². The molecule has 1 N–H and O–H groups in total. The smallest absolute Gasteiger partial charge is 0.342 e. The Hall–Kier alpha value is -2.75. The normalized spacial score (nSPS) is 16.0. The van der Waals surface area contributed by atoms with Crippen molar-refractivity contribution in [2.75, 3.05) is 11.4 Å². The van der Waals surface area contributed by atoms with Gasteiger partial charge in [-0.2, -0.15) is 31.8 Å². The number of hydrogen-bond donors (Lipinski definition) is 1. The van der Waals surface area contributed by atoms with E-state index >= 15 is 0 Å². The topological polar surface area (TPSA) is 66.8 Å². The highest BCUT2D eigenvalue weighted by atomic mass is 32.1. The molecule has 0 saturated heterocycles. The minimum Gasteiger partial charge on any atom is -0.342 e. The zero-order valence-electron chi connectivity index (χ0n) is 16.7. The summed E-state index contributed by atoms with van der Waals surface area (Å²) in [5.74, 6) is 0.695. The Bertz CT molecular complexity index is 1060. The van der Waals surface area contributed by atoms with Gasteiger partial charge in [-0.3, -0.25) is 9.48 Å². The lowest BCUT2D eigenvalue weighted by Crippen LogP contribution is -2.42. The predicted molar refractivity (Wildman–Crippen MR) is 119 cm³/mol. The highest BCUT2D eigenvalue weighted by Crippen LogP contribution is 2.34. The van der Waals surface area contributed by atoms with Gasteiger partial charge in [0.15, 0.2) is 0 Å². The molecule has 0 bridgehead atoms. The van der Waals surface area contributed by atoms with E-state index in [0.717, 1.165) is 18.0 Å². The number of hydrogen-bond acceptors (Lipinski definition) is 3. The Morgan fingerprint density at radius 2 is 1.81 bits per heavy atom. The van der Waals surface area contributed by atoms with E-state index in [4.69, 9.17) is 0 Å². The van der Waals surface area contributed by atoms with Gasteiger partial charge in [-0.05, 0) is 31.2 Å². The summed E-state index contributed by atoms with van der Waals surface area (Å²) in [4.78, 5) is 22.3. The maximum Gasteiger partial charge on any atom is 0.416 e. The molecule has 2 aromatic heterocycles. The fourth-order valence-electron chi connectivity index (χ4n) is 3.48. The number of rotatable bonds is 3. The van der Waals surface area contributed by atoms with Crippen molar-refractivity contribution >= 4 is 25.1 Å². The molecule has 3 heterocycles. The monoisotopic (exact) mass is 453 g/mol. The van der Waals surface area contributed by atoms with Gasteiger partial charge >= 0.3 is 6.18 Å². The van der Waals surface area contributed by atoms with Gasteiger partial charge in [-0.25, -0.2) is 4.98 Å². The van der Waals surface area contributed by atoms with Gasteiger partial charge in [0.25, 0.3) is 5.91 Å². The van der Waals surface area contributed by atoms with Gasteiger partial charge in [0.1, 0.15) is 11.5 Å². The standard InChI is InChI=1S/C20H20F3N5O.CH4.H2S/c1-11(2)18-24-9-16(26-18)15-8-25-28-12(3)10-27(19(29)17(15)28)14-6-4-13(5-7-14)20(21,22)23;;/h4-9,11-12H,10H2,1-3H3,(H,24,26);1H4;1H2/t12-;;/m0../s1. The van der Waals surface area contributed by atoms with Crippen molar-refractivity contribution in [3.8, 4) is 11.3 Å². The van der Waals surface area contributed by atoms with Crippen LogP contribution in [0.4, 0.5) is 18.9 Å². The molecule has 1 amide bonds. The number of nitrogens with one attached hydrogen (secondary N) is 1. The van der Waals surface area contributed by atoms with Crippen molar-refractivity contribution < 1.29 is 18.0 Å². The van der Waals surface area contributed by atoms with E-state index in [9.17, 15) is 18.0 Å². The van der Waals surface area contributed by atoms with Gasteiger partial charge in [0.2, 0.25) is 0 Å². The summed E-state index contributed by atoms with van der Waals surface area (Å²) >= 11 is 0. The van der Waals surface area contributed by atoms with Crippen molar-refractivity contribution in [1.82, 2.24) is 19.7 Å². The van der Waals surface area contributed by atoms with Crippen LogP contribution in [0.3, 0.4) is 0 Å². The molecule has 1 aromatic carbocycles. The van der Waals surface area contributed by atoms with Crippen LogP contribution >= 0.6 is 13.5 Å². The lowest BCUT2D eigenvalue weighted by atomic mass is 10.1. The van der Waals surface area contributed by atoms with Crippen LogP contribution in [-0.2, 0) is 6.18 Å². The maximum absolute atomic E-state index is 13.2. The predicted octanol–water partition coefficient (Wildman–Crippen LogP) is 5.39. The van der Waals surface area contributed by atoms with E-state index in [1.54, 1.807) is 17.1 Å². The first-order valence-electron chi connectivity index (χ1n) is 9.28. The second-order valence-corrected chi connectivity index (χ2v) is 7.50. The third-order valence-corrected chi connectivity index (χ3v) is 5.05. The first-order valence-corrected chi connectivity index (χ1v) is 9.28. The molecule has 10 heteroatoms. The lowest BCUT2D eigenvalue weighted by Gasteiger charge is -2.32. The third kappa shape index (κ3) is 4.34. The average Bonchev–Trinajstić information content (AvgIpc) is 3.31. The molecule has 1 atom stereocenters. The molecule has 6 nitrogen and oxygen atoms in total. The number of alkyl halides is 3. The summed E-state index contributed by atoms with van der Waals surface area (Å²) in [6.45, 7) is 6.25. The molecule has 1 aliphatic heterocycles. The molecule has 0 saturated carbocycles. The zero-order valence-corrected chi connectivity index (χ0v) is 17.7. The van der Waals surface area contributed by atoms with Crippen LogP contribution in [0.25, 0.3) is 11.3 Å². The van der Waals surface area contributed by atoms with E-state index in [1.807, 2.05) is 20.8 Å². The number of aromatic amines is 1. The van der Waals surface area contributed by atoms with E-state index in [0.29, 0.717) is 29.2 Å². The Morgan fingerprint density at radius 1 is 1.16 bits per heavy atom. The second kappa shape index (κ2) is 8.78. The SMILES string of the molecule is C.CC(C)c1ncc(-c2cnn3c2C(=O)N(c2ccc(C(F)(F)F)cc2)C[C@@H]3C)[nH]1.S. The molecule has 0 aliphatic carbocycles. The summed E-state index contributed by atoms with van der Waals surface area (Å²) in [6.07, 6.45) is -1.13. The van der Waals surface area contributed by atoms with Crippen LogP contribution in [-0.4, -0.2) is 32.2 Å². The van der Waals surface area contributed by atoms with E-state index in [-0.39, 0.29) is 38.8 Å². The van der Waals surface area contributed by atoms with Crippen LogP contribution in [0.1, 0.15) is 62.0 Å². The van der Waals surface area contributed by atoms with Crippen molar-refractivity contribution in [3.63, 3.8) is 0 Å². The van der Waals surface area contributed by atoms with Crippen LogP contribution in [0.15, 0.2) is 36.7 Å². The Balaban J connectivity index is 0.00000171. The second-order valence-electron chi connectivity index (χ2n) is 7.50. The molecule has 31 heavy (non-hydrogen) atoms. The lowest BCUT2D eigenvalue weighted by molar-refractivity contribution is -0.137. The van der Waals surface area contributed by atoms with Crippen molar-refractivity contribution in [1.29, 1.82) is 0 Å². The molecule has 0 unspecified atom stereocenters. The number of fused-ring (bicyclic) bond motifs is 1. The van der Waals surface area contributed by atoms with E-state index < -0.39 is 11.7 Å². The molecule has 1 aliphatic rings. The van der Waals surface area contributed by atoms with Crippen LogP contribution in [0.5, 0.6) is 0 Å². The minimum absolute atomic E-state index is 0. The zero-order chi connectivity index (χ0) is 20.9. The Labute approximate surface area is 185 Å². The number of amides is 1. The molecule has 168 valence electrons. The summed E-state index contributed by atoms with van der Waals surface area (Å²) < 4.78 is 40.2. The number of halogens is 3. The number of anilines is 1. The van der Waals surface area contributed by atoms with Gasteiger partial charge in [0, 0.05) is 18.2 Å². The quantitative estimate of drug-likeness (QED) is 0.579. The van der Waals surface area contributed by atoms with Gasteiger partial charge in [0.05, 0.1) is 35.3 Å². The number of carbonyl (C=O) groups excluding carboxylic acids is 1. The Morgan fingerprint density at radius 3 is 2.35 bits per heavy atom. The number of carbonyl (C=O) groups is 1. The Kier molecular flexibility index (Phi) is 6.94. The van der Waals surface area contributed by atoms with Crippen molar-refractivity contribution in [2.45, 2.75) is 46.3 Å². The van der Waals surface area contributed by atoms with Crippen molar-refractivity contribution in [3.05, 3.63) is 53.7 Å². The highest BCUT2D eigenvalue weighted by molar-refractivity contribution is 7.59. The molecule has 0 fully saturated rings. The van der Waals surface area contributed by atoms with Crippen molar-refractivity contribution in [2.24, 2.45) is 0 Å². The summed E-state index contributed by atoms with van der Waals surface area (Å²) in [5.41, 5.74) is 1.37. The minimum atomic E-state index is -4.42. The van der Waals surface area contributed by atoms with Crippen LogP contribution < -0.4 is 4.90 Å². The highest BCUT2D eigenvalue weighted by Gasteiger charge is 2.35. The fraction of sp³-hybridized carbons (Fsp3) is 0.381. The summed E-state index contributed by atoms with van der Waals surface area (Å²) in [6, 6.07) is 4.50. The number of nitrogens with zero attached hydrogens (tertiary/aromatic N) is 4. The van der Waals surface area contributed by atoms with Gasteiger partial charge in [-0.15, -0.1) is 0 Å². The number of benzene rings is 1. The summed E-state index contributed by atoms with van der Waals surface area (Å²) in [7, 11) is 0. The van der Waals surface area contributed by atoms with Crippen LogP contribution in [0.2, 0.25) is 0 Å². The molecule has 4 rings (SSSR count). The first-order chi connectivity index (χ1) is 13.7. The summed E-state index contributed by atoms with van der Waals surface area (Å²) in [5, 5.41) is 4.37. The average molecular weight is 454 g/mol. The molecular weight excluding hydrogens is 427 g/mol. The molecule has 0 spiro atoms. The third-order valence-electron chi connectivity index (χ3n) is 5.05. The maximum atomic E-state index is 13.2. The molecule has 3 aromatic rings.